The molecule has 0 aliphatic carbocycles. The van der Waals surface area contributed by atoms with E-state index in [-0.39, 0.29) is 17.9 Å². The van der Waals surface area contributed by atoms with Crippen molar-refractivity contribution in [2.24, 2.45) is 10.9 Å². The second-order valence-corrected chi connectivity index (χ2v) is 6.05. The summed E-state index contributed by atoms with van der Waals surface area (Å²) in [5, 5.41) is 2.95. The standard InChI is InChI=1S/C20H25N3O.C2H6/c1-5-16(17-10-8-7-9-11-17)13-19(21-4)22-20(24)18-12-15(3)23(6-2)14-18;1-2/h2,7-11,13,15,18H,5,12,14H2,1,3-4H3,(H,21,22,24);1-2H3/b16-13+;. The monoisotopic (exact) mass is 353 g/mol. The van der Waals surface area contributed by atoms with Crippen LogP contribution in [0, 0.1) is 18.4 Å². The fourth-order valence-corrected chi connectivity index (χ4v) is 2.99. The molecule has 1 saturated heterocycles. The van der Waals surface area contributed by atoms with Crippen molar-refractivity contribution in [3.05, 3.63) is 42.0 Å². The molecule has 0 bridgehead atoms. The molecule has 2 unspecified atom stereocenters. The van der Waals surface area contributed by atoms with Gasteiger partial charge in [-0.2, -0.15) is 0 Å². The molecule has 0 radical (unpaired) electrons. The Morgan fingerprint density at radius 3 is 2.54 bits per heavy atom. The Hall–Kier alpha value is -2.54. The number of nitrogens with zero attached hydrogens (tertiary/aromatic N) is 2. The lowest BCUT2D eigenvalue weighted by molar-refractivity contribution is -0.123. The number of carbonyl (C=O) groups is 1. The molecule has 4 heteroatoms. The molecule has 0 saturated carbocycles. The van der Waals surface area contributed by atoms with E-state index in [0.717, 1.165) is 24.0 Å². The SMILES string of the molecule is C#CN1CC(C(=O)NC(/C=C(\CC)c2ccccc2)=NC)CC1C.CC. The van der Waals surface area contributed by atoms with Crippen LogP contribution < -0.4 is 5.32 Å². The molecule has 0 spiro atoms. The summed E-state index contributed by atoms with van der Waals surface area (Å²) in [5.74, 6) is 0.482. The molecule has 1 fully saturated rings. The van der Waals surface area contributed by atoms with Gasteiger partial charge in [0.1, 0.15) is 5.84 Å². The third-order valence-electron chi connectivity index (χ3n) is 4.44. The summed E-state index contributed by atoms with van der Waals surface area (Å²) in [6, 6.07) is 13.0. The molecule has 1 aliphatic rings. The van der Waals surface area contributed by atoms with Crippen LogP contribution in [0.2, 0.25) is 0 Å². The minimum Gasteiger partial charge on any atom is -0.329 e. The largest absolute Gasteiger partial charge is 0.329 e. The zero-order valence-electron chi connectivity index (χ0n) is 16.6. The number of amides is 1. The van der Waals surface area contributed by atoms with Gasteiger partial charge < -0.3 is 10.2 Å². The fourth-order valence-electron chi connectivity index (χ4n) is 2.99. The number of terminal acetylenes is 1. The van der Waals surface area contributed by atoms with Crippen LogP contribution in [0.5, 0.6) is 0 Å². The normalized spacial score (nSPS) is 20.1. The van der Waals surface area contributed by atoms with E-state index in [4.69, 9.17) is 6.42 Å². The number of hydrogen-bond acceptors (Lipinski definition) is 3. The van der Waals surface area contributed by atoms with Gasteiger partial charge in [-0.25, -0.2) is 0 Å². The number of hydrogen-bond donors (Lipinski definition) is 1. The van der Waals surface area contributed by atoms with Gasteiger partial charge in [-0.1, -0.05) is 57.5 Å². The molecule has 1 aliphatic heterocycles. The molecule has 0 aromatic heterocycles. The maximum absolute atomic E-state index is 12.5. The van der Waals surface area contributed by atoms with Crippen LogP contribution in [0.15, 0.2) is 41.4 Å². The highest BCUT2D eigenvalue weighted by Gasteiger charge is 2.32. The molecule has 1 aromatic rings. The summed E-state index contributed by atoms with van der Waals surface area (Å²) in [6.45, 7) is 8.74. The summed E-state index contributed by atoms with van der Waals surface area (Å²) in [6.07, 6.45) is 9.06. The number of aliphatic imine (C=N–C) groups is 1. The van der Waals surface area contributed by atoms with E-state index in [1.807, 2.05) is 49.9 Å². The average molecular weight is 354 g/mol. The van der Waals surface area contributed by atoms with Crippen LogP contribution in [-0.2, 0) is 4.79 Å². The summed E-state index contributed by atoms with van der Waals surface area (Å²) in [5.41, 5.74) is 2.28. The molecular formula is C22H31N3O. The quantitative estimate of drug-likeness (QED) is 0.506. The maximum atomic E-state index is 12.5. The predicted octanol–water partition coefficient (Wildman–Crippen LogP) is 3.95. The number of rotatable bonds is 4. The smallest absolute Gasteiger partial charge is 0.230 e. The lowest BCUT2D eigenvalue weighted by atomic mass is 10.0. The first kappa shape index (κ1) is 21.5. The van der Waals surface area contributed by atoms with E-state index in [1.165, 1.54) is 0 Å². The van der Waals surface area contributed by atoms with Crippen molar-refractivity contribution >= 4 is 17.3 Å². The van der Waals surface area contributed by atoms with Gasteiger partial charge in [0.05, 0.1) is 5.92 Å². The zero-order chi connectivity index (χ0) is 19.5. The van der Waals surface area contributed by atoms with Crippen LogP contribution in [-0.4, -0.2) is 36.3 Å². The van der Waals surface area contributed by atoms with E-state index in [2.05, 4.69) is 35.4 Å². The Bertz CT molecular complexity index is 670. The topological polar surface area (TPSA) is 44.7 Å². The minimum absolute atomic E-state index is 0.0139. The lowest BCUT2D eigenvalue weighted by Crippen LogP contribution is -2.36. The molecule has 26 heavy (non-hydrogen) atoms. The van der Waals surface area contributed by atoms with Crippen molar-refractivity contribution in [1.29, 1.82) is 0 Å². The van der Waals surface area contributed by atoms with Gasteiger partial charge >= 0.3 is 0 Å². The summed E-state index contributed by atoms with van der Waals surface area (Å²) < 4.78 is 0. The van der Waals surface area contributed by atoms with Crippen molar-refractivity contribution in [3.8, 4) is 12.5 Å². The van der Waals surface area contributed by atoms with Crippen LogP contribution >= 0.6 is 0 Å². The van der Waals surface area contributed by atoms with Gasteiger partial charge in [0.15, 0.2) is 0 Å². The first-order valence-corrected chi connectivity index (χ1v) is 9.35. The van der Waals surface area contributed by atoms with Crippen LogP contribution in [0.25, 0.3) is 5.57 Å². The third kappa shape index (κ3) is 5.77. The number of nitrogens with one attached hydrogen (secondary N) is 1. The van der Waals surface area contributed by atoms with Gasteiger partial charge in [-0.3, -0.25) is 9.79 Å². The maximum Gasteiger partial charge on any atom is 0.230 e. The zero-order valence-corrected chi connectivity index (χ0v) is 16.6. The molecular weight excluding hydrogens is 322 g/mol. The summed E-state index contributed by atoms with van der Waals surface area (Å²) in [4.78, 5) is 18.6. The van der Waals surface area contributed by atoms with Gasteiger partial charge in [0.25, 0.3) is 0 Å². The Morgan fingerprint density at radius 2 is 2.04 bits per heavy atom. The van der Waals surface area contributed by atoms with Gasteiger partial charge in [-0.15, -0.1) is 0 Å². The Balaban J connectivity index is 0.00000163. The third-order valence-corrected chi connectivity index (χ3v) is 4.44. The number of amidine groups is 1. The number of likely N-dealkylation sites (tertiary alicyclic amines) is 1. The van der Waals surface area contributed by atoms with E-state index in [0.29, 0.717) is 12.4 Å². The Labute approximate surface area is 158 Å². The van der Waals surface area contributed by atoms with Crippen LogP contribution in [0.4, 0.5) is 0 Å². The molecule has 140 valence electrons. The molecule has 2 rings (SSSR count). The van der Waals surface area contributed by atoms with E-state index >= 15 is 0 Å². The van der Waals surface area contributed by atoms with E-state index < -0.39 is 0 Å². The van der Waals surface area contributed by atoms with Crippen molar-refractivity contribution in [2.45, 2.75) is 46.6 Å². The van der Waals surface area contributed by atoms with Crippen molar-refractivity contribution in [3.63, 3.8) is 0 Å². The highest BCUT2D eigenvalue weighted by Crippen LogP contribution is 2.22. The van der Waals surface area contributed by atoms with E-state index in [1.54, 1.807) is 7.05 Å². The van der Waals surface area contributed by atoms with E-state index in [9.17, 15) is 4.79 Å². The van der Waals surface area contributed by atoms with Gasteiger partial charge in [0, 0.05) is 25.7 Å². The Morgan fingerprint density at radius 1 is 1.38 bits per heavy atom. The first-order chi connectivity index (χ1) is 12.6. The number of benzene rings is 1. The number of carbonyl (C=O) groups excluding carboxylic acids is 1. The molecule has 1 aromatic carbocycles. The predicted molar refractivity (Wildman–Crippen MR) is 111 cm³/mol. The average Bonchev–Trinajstić information content (AvgIpc) is 3.08. The summed E-state index contributed by atoms with van der Waals surface area (Å²) >= 11 is 0. The molecule has 1 amide bonds. The fraction of sp³-hybridized carbons (Fsp3) is 0.455. The molecule has 1 heterocycles. The van der Waals surface area contributed by atoms with Crippen molar-refractivity contribution in [2.75, 3.05) is 13.6 Å². The van der Waals surface area contributed by atoms with Crippen molar-refractivity contribution in [1.82, 2.24) is 10.2 Å². The van der Waals surface area contributed by atoms with Gasteiger partial charge in [0.2, 0.25) is 5.91 Å². The molecule has 1 N–H and O–H groups in total. The number of allylic oxidation sites excluding steroid dienone is 1. The van der Waals surface area contributed by atoms with Gasteiger partial charge in [-0.05, 0) is 37.0 Å². The first-order valence-electron chi connectivity index (χ1n) is 9.35. The van der Waals surface area contributed by atoms with Crippen molar-refractivity contribution < 1.29 is 4.79 Å². The molecule has 4 nitrogen and oxygen atoms in total. The highest BCUT2D eigenvalue weighted by molar-refractivity contribution is 6.08. The second-order valence-electron chi connectivity index (χ2n) is 6.05. The highest BCUT2D eigenvalue weighted by atomic mass is 16.2. The summed E-state index contributed by atoms with van der Waals surface area (Å²) in [7, 11) is 1.69. The Kier molecular flexibility index (Phi) is 9.22. The van der Waals surface area contributed by atoms with Crippen LogP contribution in [0.3, 0.4) is 0 Å². The second kappa shape index (κ2) is 11.1. The minimum atomic E-state index is -0.0944. The molecule has 2 atom stereocenters. The lowest BCUT2D eigenvalue weighted by Gasteiger charge is -2.14. The van der Waals surface area contributed by atoms with Crippen LogP contribution in [0.1, 0.15) is 46.1 Å².